The number of rotatable bonds is 4. The largest absolute Gasteiger partial charge is 0.293 e. The Morgan fingerprint density at radius 2 is 1.67 bits per heavy atom. The molecule has 0 spiro atoms. The molecule has 3 nitrogen and oxygen atoms in total. The molecule has 0 atom stereocenters. The third kappa shape index (κ3) is 3.27. The zero-order valence-corrected chi connectivity index (χ0v) is 14.4. The van der Waals surface area contributed by atoms with Crippen molar-refractivity contribution < 1.29 is 4.79 Å². The van der Waals surface area contributed by atoms with Gasteiger partial charge in [-0.2, -0.15) is 9.64 Å². The van der Waals surface area contributed by atoms with Crippen LogP contribution in [0.3, 0.4) is 0 Å². The van der Waals surface area contributed by atoms with Crippen LogP contribution < -0.4 is 0 Å². The van der Waals surface area contributed by atoms with Crippen LogP contribution >= 0.6 is 11.5 Å². The average molecular weight is 332 g/mol. The molecule has 4 heteroatoms. The molecule has 24 heavy (non-hydrogen) atoms. The highest BCUT2D eigenvalue weighted by Gasteiger charge is 2.14. The Balaban J connectivity index is 1.84. The minimum Gasteiger partial charge on any atom is -0.293 e. The molecular weight excluding hydrogens is 316 g/mol. The smallest absolute Gasteiger partial charge is 0.179 e. The summed E-state index contributed by atoms with van der Waals surface area (Å²) >= 11 is 1.38. The van der Waals surface area contributed by atoms with E-state index in [2.05, 4.69) is 34.7 Å². The van der Waals surface area contributed by atoms with Gasteiger partial charge >= 0.3 is 0 Å². The van der Waals surface area contributed by atoms with Gasteiger partial charge in [-0.15, -0.1) is 0 Å². The molecule has 118 valence electrons. The summed E-state index contributed by atoms with van der Waals surface area (Å²) in [5.41, 5.74) is 5.62. The Morgan fingerprint density at radius 1 is 1.08 bits per heavy atom. The molecule has 0 aliphatic rings. The summed E-state index contributed by atoms with van der Waals surface area (Å²) in [7, 11) is 0. The molecule has 0 aliphatic carbocycles. The molecular formula is C20H16N2OS. The molecule has 0 unspecified atom stereocenters. The van der Waals surface area contributed by atoms with Crippen molar-refractivity contribution in [3.63, 3.8) is 0 Å². The maximum Gasteiger partial charge on any atom is 0.179 e. The van der Waals surface area contributed by atoms with E-state index in [4.69, 9.17) is 5.26 Å². The van der Waals surface area contributed by atoms with Gasteiger partial charge in [0.1, 0.15) is 5.69 Å². The molecule has 0 saturated heterocycles. The Bertz CT molecular complexity index is 916. The number of ketones is 1. The fourth-order valence-corrected chi connectivity index (χ4v) is 3.38. The quantitative estimate of drug-likeness (QED) is 0.646. The Hall–Kier alpha value is -2.77. The van der Waals surface area contributed by atoms with E-state index in [9.17, 15) is 4.79 Å². The average Bonchev–Trinajstić information content (AvgIpc) is 2.97. The fraction of sp³-hybridized carbons (Fsp3) is 0.150. The van der Waals surface area contributed by atoms with Gasteiger partial charge in [-0.05, 0) is 47.3 Å². The summed E-state index contributed by atoms with van der Waals surface area (Å²) in [6, 6.07) is 18.0. The summed E-state index contributed by atoms with van der Waals surface area (Å²) in [4.78, 5) is 12.8. The molecule has 0 aliphatic heterocycles. The first-order chi connectivity index (χ1) is 11.6. The molecule has 0 amide bonds. The van der Waals surface area contributed by atoms with Crippen molar-refractivity contribution in [2.24, 2.45) is 0 Å². The topological polar surface area (TPSA) is 53.8 Å². The number of benzene rings is 2. The summed E-state index contributed by atoms with van der Waals surface area (Å²) in [5, 5.41) is 8.86. The molecule has 3 aromatic rings. The van der Waals surface area contributed by atoms with E-state index >= 15 is 0 Å². The van der Waals surface area contributed by atoms with Gasteiger partial charge in [-0.3, -0.25) is 4.79 Å². The van der Waals surface area contributed by atoms with Crippen molar-refractivity contribution in [3.05, 3.63) is 75.8 Å². The van der Waals surface area contributed by atoms with Crippen LogP contribution in [-0.4, -0.2) is 10.2 Å². The zero-order valence-electron chi connectivity index (χ0n) is 13.5. The van der Waals surface area contributed by atoms with Crippen LogP contribution in [0.15, 0.2) is 48.5 Å². The minimum absolute atomic E-state index is 0.0172. The standard InChI is InChI=1S/C20H16N2OS/c1-13(23)20-19(14(2)24-22-20)11-15-3-7-17(8-4-15)18-9-5-16(12-21)6-10-18/h3-10H,11H2,1-2H3. The fourth-order valence-electron chi connectivity index (χ4n) is 2.63. The lowest BCUT2D eigenvalue weighted by atomic mass is 9.98. The van der Waals surface area contributed by atoms with Crippen LogP contribution in [0.4, 0.5) is 0 Å². The van der Waals surface area contributed by atoms with Gasteiger partial charge < -0.3 is 0 Å². The second-order valence-electron chi connectivity index (χ2n) is 5.68. The molecule has 1 aromatic heterocycles. The van der Waals surface area contributed by atoms with E-state index in [1.165, 1.54) is 11.5 Å². The number of Topliss-reactive ketones (excluding diaryl/α,β-unsaturated/α-hetero) is 1. The van der Waals surface area contributed by atoms with Gasteiger partial charge in [-0.25, -0.2) is 0 Å². The molecule has 1 heterocycles. The van der Waals surface area contributed by atoms with E-state index in [1.807, 2.05) is 31.2 Å². The van der Waals surface area contributed by atoms with Crippen LogP contribution in [0.1, 0.15) is 39.0 Å². The normalized spacial score (nSPS) is 10.4. The van der Waals surface area contributed by atoms with Gasteiger partial charge in [0.25, 0.3) is 0 Å². The molecule has 3 rings (SSSR count). The number of nitriles is 1. The van der Waals surface area contributed by atoms with Gasteiger partial charge in [0.05, 0.1) is 11.6 Å². The molecule has 0 bridgehead atoms. The number of aromatic nitrogens is 1. The van der Waals surface area contributed by atoms with Crippen molar-refractivity contribution in [2.45, 2.75) is 20.3 Å². The predicted molar refractivity (Wildman–Crippen MR) is 96.3 cm³/mol. The highest BCUT2D eigenvalue weighted by Crippen LogP contribution is 2.24. The number of hydrogen-bond donors (Lipinski definition) is 0. The highest BCUT2D eigenvalue weighted by molar-refractivity contribution is 7.06. The van der Waals surface area contributed by atoms with Crippen LogP contribution in [0.5, 0.6) is 0 Å². The lowest BCUT2D eigenvalue weighted by Gasteiger charge is -2.06. The lowest BCUT2D eigenvalue weighted by Crippen LogP contribution is -2.00. The summed E-state index contributed by atoms with van der Waals surface area (Å²) in [6.45, 7) is 3.57. The summed E-state index contributed by atoms with van der Waals surface area (Å²) < 4.78 is 4.26. The Labute approximate surface area is 145 Å². The number of hydrogen-bond acceptors (Lipinski definition) is 4. The summed E-state index contributed by atoms with van der Waals surface area (Å²) in [6.07, 6.45) is 0.713. The van der Waals surface area contributed by atoms with Crippen molar-refractivity contribution in [1.82, 2.24) is 4.37 Å². The second-order valence-corrected chi connectivity index (χ2v) is 6.66. The second kappa shape index (κ2) is 6.77. The van der Waals surface area contributed by atoms with Crippen molar-refractivity contribution in [1.29, 1.82) is 5.26 Å². The Morgan fingerprint density at radius 3 is 2.21 bits per heavy atom. The third-order valence-corrected chi connectivity index (χ3v) is 4.79. The maximum atomic E-state index is 11.7. The van der Waals surface area contributed by atoms with E-state index in [0.717, 1.165) is 27.1 Å². The van der Waals surface area contributed by atoms with E-state index in [1.54, 1.807) is 6.92 Å². The van der Waals surface area contributed by atoms with E-state index < -0.39 is 0 Å². The van der Waals surface area contributed by atoms with Crippen LogP contribution in [0, 0.1) is 18.3 Å². The first kappa shape index (κ1) is 16.1. The molecule has 0 fully saturated rings. The number of nitrogens with zero attached hydrogens (tertiary/aromatic N) is 2. The van der Waals surface area contributed by atoms with Gasteiger partial charge in [0.15, 0.2) is 5.78 Å². The maximum absolute atomic E-state index is 11.7. The van der Waals surface area contributed by atoms with Crippen LogP contribution in [0.25, 0.3) is 11.1 Å². The Kier molecular flexibility index (Phi) is 4.54. The number of aryl methyl sites for hydroxylation is 1. The van der Waals surface area contributed by atoms with Gasteiger partial charge in [-0.1, -0.05) is 36.4 Å². The monoisotopic (exact) mass is 332 g/mol. The molecule has 0 radical (unpaired) electrons. The van der Waals surface area contributed by atoms with Crippen LogP contribution in [-0.2, 0) is 6.42 Å². The third-order valence-electron chi connectivity index (χ3n) is 4.00. The van der Waals surface area contributed by atoms with Crippen molar-refractivity contribution in [3.8, 4) is 17.2 Å². The minimum atomic E-state index is 0.0172. The van der Waals surface area contributed by atoms with E-state index in [0.29, 0.717) is 17.7 Å². The number of carbonyl (C=O) groups excluding carboxylic acids is 1. The molecule has 0 saturated carbocycles. The van der Waals surface area contributed by atoms with Crippen molar-refractivity contribution in [2.75, 3.05) is 0 Å². The van der Waals surface area contributed by atoms with Crippen LogP contribution in [0.2, 0.25) is 0 Å². The lowest BCUT2D eigenvalue weighted by molar-refractivity contribution is 0.101. The number of carbonyl (C=O) groups is 1. The zero-order chi connectivity index (χ0) is 17.1. The van der Waals surface area contributed by atoms with Crippen molar-refractivity contribution >= 4 is 17.3 Å². The van der Waals surface area contributed by atoms with Gasteiger partial charge in [0.2, 0.25) is 0 Å². The highest BCUT2D eigenvalue weighted by atomic mass is 32.1. The summed E-state index contributed by atoms with van der Waals surface area (Å²) in [5.74, 6) is 0.0172. The van der Waals surface area contributed by atoms with E-state index in [-0.39, 0.29) is 5.78 Å². The molecule has 0 N–H and O–H groups in total. The first-order valence-electron chi connectivity index (χ1n) is 7.64. The predicted octanol–water partition coefficient (Wildman–Crippen LogP) is 4.78. The van der Waals surface area contributed by atoms with Gasteiger partial charge in [0, 0.05) is 23.8 Å². The SMILES string of the molecule is CC(=O)c1nsc(C)c1Cc1ccc(-c2ccc(C#N)cc2)cc1. The first-order valence-corrected chi connectivity index (χ1v) is 8.41. The molecule has 2 aromatic carbocycles.